The Morgan fingerprint density at radius 2 is 1.78 bits per heavy atom. The molecular weight excluding hydrogens is 290 g/mol. The summed E-state index contributed by atoms with van der Waals surface area (Å²) in [6.07, 6.45) is 0.458. The Balaban J connectivity index is 1.86. The van der Waals surface area contributed by atoms with Gasteiger partial charge in [-0.25, -0.2) is 0 Å². The van der Waals surface area contributed by atoms with E-state index in [0.717, 1.165) is 22.6 Å². The van der Waals surface area contributed by atoms with Gasteiger partial charge < -0.3 is 14.8 Å². The predicted octanol–water partition coefficient (Wildman–Crippen LogP) is 3.34. The number of para-hydroxylation sites is 1. The van der Waals surface area contributed by atoms with Crippen LogP contribution in [0.1, 0.15) is 25.0 Å². The standard InChI is InChI=1S/C19H23NO3/c1-14(2)23-17-10-8-15(9-11-17)13-20-19(21)12-16-6-4-5-7-18(16)22-3/h4-11,14H,12-13H2,1-3H3,(H,20,21). The molecule has 0 fully saturated rings. The molecule has 2 aromatic carbocycles. The maximum Gasteiger partial charge on any atom is 0.224 e. The second-order valence-electron chi connectivity index (χ2n) is 5.58. The molecule has 0 aliphatic heterocycles. The van der Waals surface area contributed by atoms with Crippen molar-refractivity contribution in [3.05, 3.63) is 59.7 Å². The molecule has 0 unspecified atom stereocenters. The SMILES string of the molecule is COc1ccccc1CC(=O)NCc1ccc(OC(C)C)cc1. The fourth-order valence-electron chi connectivity index (χ4n) is 2.24. The van der Waals surface area contributed by atoms with E-state index in [9.17, 15) is 4.79 Å². The molecule has 0 aliphatic rings. The molecule has 4 nitrogen and oxygen atoms in total. The van der Waals surface area contributed by atoms with Crippen LogP contribution in [0, 0.1) is 0 Å². The van der Waals surface area contributed by atoms with E-state index in [4.69, 9.17) is 9.47 Å². The molecule has 0 radical (unpaired) electrons. The van der Waals surface area contributed by atoms with E-state index in [0.29, 0.717) is 13.0 Å². The topological polar surface area (TPSA) is 47.6 Å². The van der Waals surface area contributed by atoms with Crippen molar-refractivity contribution >= 4 is 5.91 Å². The molecule has 0 saturated carbocycles. The van der Waals surface area contributed by atoms with E-state index in [2.05, 4.69) is 5.32 Å². The van der Waals surface area contributed by atoms with E-state index < -0.39 is 0 Å². The summed E-state index contributed by atoms with van der Waals surface area (Å²) in [5, 5.41) is 2.92. The number of ether oxygens (including phenoxy) is 2. The number of nitrogens with one attached hydrogen (secondary N) is 1. The van der Waals surface area contributed by atoms with Crippen molar-refractivity contribution in [2.24, 2.45) is 0 Å². The van der Waals surface area contributed by atoms with Gasteiger partial charge in [-0.05, 0) is 37.6 Å². The lowest BCUT2D eigenvalue weighted by molar-refractivity contribution is -0.120. The Labute approximate surface area is 137 Å². The molecule has 0 saturated heterocycles. The van der Waals surface area contributed by atoms with Gasteiger partial charge in [0.15, 0.2) is 0 Å². The zero-order chi connectivity index (χ0) is 16.7. The highest BCUT2D eigenvalue weighted by molar-refractivity contribution is 5.79. The van der Waals surface area contributed by atoms with Crippen molar-refractivity contribution in [3.63, 3.8) is 0 Å². The van der Waals surface area contributed by atoms with Crippen molar-refractivity contribution in [2.75, 3.05) is 7.11 Å². The third-order valence-corrected chi connectivity index (χ3v) is 3.33. The molecule has 0 aliphatic carbocycles. The van der Waals surface area contributed by atoms with Gasteiger partial charge in [-0.3, -0.25) is 4.79 Å². The highest BCUT2D eigenvalue weighted by Crippen LogP contribution is 2.18. The third-order valence-electron chi connectivity index (χ3n) is 3.33. The molecule has 2 aromatic rings. The van der Waals surface area contributed by atoms with E-state index in [1.807, 2.05) is 62.4 Å². The minimum absolute atomic E-state index is 0.0305. The van der Waals surface area contributed by atoms with Gasteiger partial charge >= 0.3 is 0 Å². The van der Waals surface area contributed by atoms with Crippen molar-refractivity contribution in [1.82, 2.24) is 5.32 Å². The van der Waals surface area contributed by atoms with Gasteiger partial charge in [0.05, 0.1) is 19.6 Å². The Hall–Kier alpha value is -2.49. The first-order valence-corrected chi connectivity index (χ1v) is 7.72. The van der Waals surface area contributed by atoms with Crippen LogP contribution in [0.3, 0.4) is 0 Å². The van der Waals surface area contributed by atoms with Crippen molar-refractivity contribution in [3.8, 4) is 11.5 Å². The second kappa shape index (κ2) is 8.22. The highest BCUT2D eigenvalue weighted by atomic mass is 16.5. The van der Waals surface area contributed by atoms with E-state index >= 15 is 0 Å². The second-order valence-corrected chi connectivity index (χ2v) is 5.58. The number of amides is 1. The van der Waals surface area contributed by atoms with Crippen molar-refractivity contribution < 1.29 is 14.3 Å². The minimum Gasteiger partial charge on any atom is -0.496 e. The van der Waals surface area contributed by atoms with Crippen LogP contribution in [0.4, 0.5) is 0 Å². The molecule has 0 atom stereocenters. The zero-order valence-corrected chi connectivity index (χ0v) is 13.8. The Bertz CT molecular complexity index is 635. The number of rotatable bonds is 7. The van der Waals surface area contributed by atoms with E-state index in [1.165, 1.54) is 0 Å². The molecule has 122 valence electrons. The van der Waals surface area contributed by atoms with Crippen LogP contribution < -0.4 is 14.8 Å². The fourth-order valence-corrected chi connectivity index (χ4v) is 2.24. The van der Waals surface area contributed by atoms with Crippen LogP contribution in [-0.4, -0.2) is 19.1 Å². The van der Waals surface area contributed by atoms with Gasteiger partial charge in [0.25, 0.3) is 0 Å². The number of methoxy groups -OCH3 is 1. The zero-order valence-electron chi connectivity index (χ0n) is 13.8. The maximum absolute atomic E-state index is 12.1. The first kappa shape index (κ1) is 16.9. The average Bonchev–Trinajstić information content (AvgIpc) is 2.54. The van der Waals surface area contributed by atoms with Gasteiger partial charge in [0.2, 0.25) is 5.91 Å². The van der Waals surface area contributed by atoms with Crippen LogP contribution in [0.2, 0.25) is 0 Å². The molecular formula is C19H23NO3. The highest BCUT2D eigenvalue weighted by Gasteiger charge is 2.08. The lowest BCUT2D eigenvalue weighted by atomic mass is 10.1. The molecule has 1 amide bonds. The lowest BCUT2D eigenvalue weighted by Crippen LogP contribution is -2.24. The summed E-state index contributed by atoms with van der Waals surface area (Å²) in [6, 6.07) is 15.3. The van der Waals surface area contributed by atoms with Crippen molar-refractivity contribution in [2.45, 2.75) is 32.9 Å². The number of carbonyl (C=O) groups is 1. The molecule has 0 aromatic heterocycles. The van der Waals surface area contributed by atoms with Crippen LogP contribution in [0.25, 0.3) is 0 Å². The molecule has 2 rings (SSSR count). The summed E-state index contributed by atoms with van der Waals surface area (Å²) in [7, 11) is 1.61. The minimum atomic E-state index is -0.0305. The fraction of sp³-hybridized carbons (Fsp3) is 0.316. The van der Waals surface area contributed by atoms with Gasteiger partial charge in [-0.15, -0.1) is 0 Å². The Morgan fingerprint density at radius 3 is 2.43 bits per heavy atom. The molecule has 23 heavy (non-hydrogen) atoms. The first-order chi connectivity index (χ1) is 11.1. The van der Waals surface area contributed by atoms with Crippen LogP contribution >= 0.6 is 0 Å². The van der Waals surface area contributed by atoms with E-state index in [1.54, 1.807) is 7.11 Å². The molecule has 0 bridgehead atoms. The number of hydrogen-bond donors (Lipinski definition) is 1. The van der Waals surface area contributed by atoms with Gasteiger partial charge in [-0.1, -0.05) is 30.3 Å². The number of benzene rings is 2. The molecule has 4 heteroatoms. The maximum atomic E-state index is 12.1. The van der Waals surface area contributed by atoms with Gasteiger partial charge in [0.1, 0.15) is 11.5 Å². The first-order valence-electron chi connectivity index (χ1n) is 7.72. The summed E-state index contributed by atoms with van der Waals surface area (Å²) in [6.45, 7) is 4.48. The van der Waals surface area contributed by atoms with Crippen molar-refractivity contribution in [1.29, 1.82) is 0 Å². The van der Waals surface area contributed by atoms with E-state index in [-0.39, 0.29) is 12.0 Å². The quantitative estimate of drug-likeness (QED) is 0.853. The smallest absolute Gasteiger partial charge is 0.224 e. The Morgan fingerprint density at radius 1 is 1.09 bits per heavy atom. The number of carbonyl (C=O) groups excluding carboxylic acids is 1. The summed E-state index contributed by atoms with van der Waals surface area (Å²) >= 11 is 0. The van der Waals surface area contributed by atoms with Crippen LogP contribution in [0.15, 0.2) is 48.5 Å². The van der Waals surface area contributed by atoms with Crippen LogP contribution in [0.5, 0.6) is 11.5 Å². The predicted molar refractivity (Wildman–Crippen MR) is 90.8 cm³/mol. The number of hydrogen-bond acceptors (Lipinski definition) is 3. The molecule has 1 N–H and O–H groups in total. The molecule has 0 heterocycles. The average molecular weight is 313 g/mol. The Kier molecular flexibility index (Phi) is 6.03. The molecule has 0 spiro atoms. The third kappa shape index (κ3) is 5.33. The monoisotopic (exact) mass is 313 g/mol. The summed E-state index contributed by atoms with van der Waals surface area (Å²) in [4.78, 5) is 12.1. The summed E-state index contributed by atoms with van der Waals surface area (Å²) in [5.41, 5.74) is 1.92. The summed E-state index contributed by atoms with van der Waals surface area (Å²) in [5.74, 6) is 1.54. The lowest BCUT2D eigenvalue weighted by Gasteiger charge is -2.11. The van der Waals surface area contributed by atoms with Gasteiger partial charge in [-0.2, -0.15) is 0 Å². The van der Waals surface area contributed by atoms with Gasteiger partial charge in [0, 0.05) is 12.1 Å². The normalized spacial score (nSPS) is 10.4. The largest absolute Gasteiger partial charge is 0.496 e. The summed E-state index contributed by atoms with van der Waals surface area (Å²) < 4.78 is 10.9. The van der Waals surface area contributed by atoms with Crippen LogP contribution in [-0.2, 0) is 17.8 Å².